The van der Waals surface area contributed by atoms with E-state index in [0.29, 0.717) is 24.9 Å². The number of carbonyl (C=O) groups is 1. The van der Waals surface area contributed by atoms with Gasteiger partial charge in [0.1, 0.15) is 5.76 Å². The Bertz CT molecular complexity index is 693. The van der Waals surface area contributed by atoms with E-state index < -0.39 is 0 Å². The molecule has 0 radical (unpaired) electrons. The van der Waals surface area contributed by atoms with E-state index in [9.17, 15) is 4.79 Å². The molecule has 1 saturated carbocycles. The van der Waals surface area contributed by atoms with Crippen LogP contribution in [0.3, 0.4) is 0 Å². The van der Waals surface area contributed by atoms with Crippen LogP contribution in [0.25, 0.3) is 0 Å². The second-order valence-corrected chi connectivity index (χ2v) is 6.52. The molecule has 2 aromatic rings. The molecule has 1 fully saturated rings. The minimum absolute atomic E-state index is 0.122. The molecular weight excluding hydrogens is 288 g/mol. The SMILES string of the molecule is O=C([C@@H]1C[C@H]2C=C[C@H]1C2)N(Cc1cccnc1)Cc1ccco1. The van der Waals surface area contributed by atoms with Crippen molar-refractivity contribution in [2.45, 2.75) is 25.9 Å². The van der Waals surface area contributed by atoms with Crippen LogP contribution >= 0.6 is 0 Å². The summed E-state index contributed by atoms with van der Waals surface area (Å²) in [6.07, 6.45) is 11.9. The van der Waals surface area contributed by atoms with Gasteiger partial charge < -0.3 is 9.32 Å². The van der Waals surface area contributed by atoms with Gasteiger partial charge in [-0.25, -0.2) is 0 Å². The predicted molar refractivity (Wildman–Crippen MR) is 86.0 cm³/mol. The molecule has 118 valence electrons. The molecule has 2 aliphatic carbocycles. The molecule has 0 saturated heterocycles. The minimum Gasteiger partial charge on any atom is -0.467 e. The lowest BCUT2D eigenvalue weighted by atomic mass is 9.92. The molecular formula is C19H20N2O2. The summed E-state index contributed by atoms with van der Waals surface area (Å²) in [5.41, 5.74) is 1.05. The van der Waals surface area contributed by atoms with Gasteiger partial charge in [-0.05, 0) is 48.4 Å². The van der Waals surface area contributed by atoms with Crippen LogP contribution in [0.5, 0.6) is 0 Å². The Morgan fingerprint density at radius 1 is 1.22 bits per heavy atom. The van der Waals surface area contributed by atoms with Crippen LogP contribution in [0.4, 0.5) is 0 Å². The van der Waals surface area contributed by atoms with Crippen molar-refractivity contribution in [2.24, 2.45) is 17.8 Å². The number of rotatable bonds is 5. The summed E-state index contributed by atoms with van der Waals surface area (Å²) in [4.78, 5) is 19.2. The average Bonchev–Trinajstić information content (AvgIpc) is 3.32. The number of allylic oxidation sites excluding steroid dienone is 2. The third-order valence-corrected chi connectivity index (χ3v) is 4.93. The maximum absolute atomic E-state index is 13.1. The largest absolute Gasteiger partial charge is 0.467 e. The van der Waals surface area contributed by atoms with Crippen LogP contribution in [0.15, 0.2) is 59.5 Å². The van der Waals surface area contributed by atoms with Gasteiger partial charge in [0.2, 0.25) is 5.91 Å². The molecule has 0 aliphatic heterocycles. The Morgan fingerprint density at radius 3 is 2.83 bits per heavy atom. The van der Waals surface area contributed by atoms with Crippen molar-refractivity contribution in [1.29, 1.82) is 0 Å². The van der Waals surface area contributed by atoms with Crippen molar-refractivity contribution < 1.29 is 9.21 Å². The van der Waals surface area contributed by atoms with Gasteiger partial charge in [0, 0.05) is 24.9 Å². The number of hydrogen-bond donors (Lipinski definition) is 0. The van der Waals surface area contributed by atoms with E-state index in [1.54, 1.807) is 12.5 Å². The number of carbonyl (C=O) groups excluding carboxylic acids is 1. The summed E-state index contributed by atoms with van der Waals surface area (Å²) in [5, 5.41) is 0. The normalized spacial score (nSPS) is 25.0. The average molecular weight is 308 g/mol. The Morgan fingerprint density at radius 2 is 2.17 bits per heavy atom. The highest BCUT2D eigenvalue weighted by atomic mass is 16.3. The fourth-order valence-electron chi connectivity index (χ4n) is 3.81. The summed E-state index contributed by atoms with van der Waals surface area (Å²) in [5.74, 6) is 2.19. The highest BCUT2D eigenvalue weighted by molar-refractivity contribution is 5.80. The van der Waals surface area contributed by atoms with Crippen molar-refractivity contribution in [1.82, 2.24) is 9.88 Å². The molecule has 2 aliphatic rings. The Kier molecular flexibility index (Phi) is 3.74. The van der Waals surface area contributed by atoms with Gasteiger partial charge >= 0.3 is 0 Å². The molecule has 2 bridgehead atoms. The zero-order valence-electron chi connectivity index (χ0n) is 13.0. The molecule has 1 amide bonds. The van der Waals surface area contributed by atoms with Crippen molar-refractivity contribution in [3.05, 3.63) is 66.4 Å². The monoisotopic (exact) mass is 308 g/mol. The smallest absolute Gasteiger partial charge is 0.227 e. The Balaban J connectivity index is 1.54. The molecule has 2 heterocycles. The zero-order chi connectivity index (χ0) is 15.6. The molecule has 0 unspecified atom stereocenters. The van der Waals surface area contributed by atoms with Crippen LogP contribution in [-0.2, 0) is 17.9 Å². The summed E-state index contributed by atoms with van der Waals surface area (Å²) < 4.78 is 5.45. The molecule has 0 aromatic carbocycles. The fraction of sp³-hybridized carbons (Fsp3) is 0.368. The van der Waals surface area contributed by atoms with Crippen LogP contribution in [-0.4, -0.2) is 15.8 Å². The fourth-order valence-corrected chi connectivity index (χ4v) is 3.81. The minimum atomic E-state index is 0.122. The lowest BCUT2D eigenvalue weighted by Crippen LogP contribution is -2.36. The van der Waals surface area contributed by atoms with E-state index in [4.69, 9.17) is 4.42 Å². The molecule has 2 aromatic heterocycles. The summed E-state index contributed by atoms with van der Waals surface area (Å²) in [7, 11) is 0. The topological polar surface area (TPSA) is 46.3 Å². The maximum atomic E-state index is 13.1. The molecule has 23 heavy (non-hydrogen) atoms. The van der Waals surface area contributed by atoms with Gasteiger partial charge in [-0.3, -0.25) is 9.78 Å². The van der Waals surface area contributed by atoms with Crippen LogP contribution in [0.1, 0.15) is 24.2 Å². The van der Waals surface area contributed by atoms with Gasteiger partial charge in [-0.2, -0.15) is 0 Å². The van der Waals surface area contributed by atoms with Crippen molar-refractivity contribution in [2.75, 3.05) is 0 Å². The van der Waals surface area contributed by atoms with Gasteiger partial charge in [-0.15, -0.1) is 0 Å². The lowest BCUT2D eigenvalue weighted by Gasteiger charge is -2.27. The first-order valence-corrected chi connectivity index (χ1v) is 8.18. The number of nitrogens with zero attached hydrogens (tertiary/aromatic N) is 2. The van der Waals surface area contributed by atoms with E-state index >= 15 is 0 Å². The van der Waals surface area contributed by atoms with E-state index in [1.165, 1.54) is 0 Å². The van der Waals surface area contributed by atoms with Crippen LogP contribution in [0, 0.1) is 17.8 Å². The molecule has 4 nitrogen and oxygen atoms in total. The standard InChI is InChI=1S/C19H20N2O2/c22-19(18-10-14-5-6-16(18)9-14)21(13-17-4-2-8-23-17)12-15-3-1-7-20-11-15/h1-8,11,14,16,18H,9-10,12-13H2/t14-,16-,18+/m0/s1. The molecule has 4 rings (SSSR count). The highest BCUT2D eigenvalue weighted by Gasteiger charge is 2.41. The number of aromatic nitrogens is 1. The Labute approximate surface area is 135 Å². The van der Waals surface area contributed by atoms with Gasteiger partial charge in [0.05, 0.1) is 12.8 Å². The van der Waals surface area contributed by atoms with Gasteiger partial charge in [0.15, 0.2) is 0 Å². The zero-order valence-corrected chi connectivity index (χ0v) is 13.0. The number of hydrogen-bond acceptors (Lipinski definition) is 3. The van der Waals surface area contributed by atoms with E-state index in [2.05, 4.69) is 17.1 Å². The van der Waals surface area contributed by atoms with Crippen molar-refractivity contribution >= 4 is 5.91 Å². The highest BCUT2D eigenvalue weighted by Crippen LogP contribution is 2.44. The second-order valence-electron chi connectivity index (χ2n) is 6.52. The summed E-state index contributed by atoms with van der Waals surface area (Å²) in [6.45, 7) is 1.09. The van der Waals surface area contributed by atoms with Crippen molar-refractivity contribution in [3.63, 3.8) is 0 Å². The number of amides is 1. The maximum Gasteiger partial charge on any atom is 0.227 e. The van der Waals surface area contributed by atoms with Crippen molar-refractivity contribution in [3.8, 4) is 0 Å². The quantitative estimate of drug-likeness (QED) is 0.795. The third kappa shape index (κ3) is 2.93. The summed E-state index contributed by atoms with van der Waals surface area (Å²) >= 11 is 0. The molecule has 4 heteroatoms. The number of pyridine rings is 1. The van der Waals surface area contributed by atoms with Crippen LogP contribution in [0.2, 0.25) is 0 Å². The lowest BCUT2D eigenvalue weighted by molar-refractivity contribution is -0.138. The first kappa shape index (κ1) is 14.2. The van der Waals surface area contributed by atoms with E-state index in [-0.39, 0.29) is 11.8 Å². The predicted octanol–water partition coefficient (Wildman–Crippen LogP) is 3.42. The molecule has 0 spiro atoms. The van der Waals surface area contributed by atoms with E-state index in [0.717, 1.165) is 24.2 Å². The first-order chi connectivity index (χ1) is 11.3. The second kappa shape index (κ2) is 6.03. The van der Waals surface area contributed by atoms with Crippen LogP contribution < -0.4 is 0 Å². The number of furan rings is 1. The third-order valence-electron chi connectivity index (χ3n) is 4.93. The summed E-state index contributed by atoms with van der Waals surface area (Å²) in [6, 6.07) is 7.70. The van der Waals surface area contributed by atoms with Gasteiger partial charge in [0.25, 0.3) is 0 Å². The Hall–Kier alpha value is -2.36. The number of fused-ring (bicyclic) bond motifs is 2. The molecule has 0 N–H and O–H groups in total. The molecule has 3 atom stereocenters. The van der Waals surface area contributed by atoms with E-state index in [1.807, 2.05) is 35.4 Å². The first-order valence-electron chi connectivity index (χ1n) is 8.18. The van der Waals surface area contributed by atoms with Gasteiger partial charge in [-0.1, -0.05) is 18.2 Å².